The monoisotopic (exact) mass is 825 g/mol. The molecule has 0 amide bonds. The Bertz CT molecular complexity index is 3640. The number of para-hydroxylation sites is 1. The van der Waals surface area contributed by atoms with Crippen molar-refractivity contribution in [2.24, 2.45) is 0 Å². The standard InChI is InChI=1S/C59H36BN5/c1-2-14-42-39(12-1)13-11-19-47(42)58-63-56(40-26-24-37(25-27-40)38-30-32-61-33-31-38)62-57(64-58)41-28-29-54-48(34-41)46-18-6-10-23-55(46)65-36-49-45-17-5-9-22-52(45)59(53(49)35-60(54)65)50-20-7-3-15-43(50)44-16-4-8-21-51(44)59/h1-36H. The van der Waals surface area contributed by atoms with E-state index in [1.807, 2.05) is 24.5 Å². The molecular weight excluding hydrogens is 789 g/mol. The molecule has 0 saturated carbocycles. The van der Waals surface area contributed by atoms with Gasteiger partial charge in [0.05, 0.1) is 5.41 Å². The Kier molecular flexibility index (Phi) is 7.63. The van der Waals surface area contributed by atoms with Gasteiger partial charge in [0.1, 0.15) is 0 Å². The quantitative estimate of drug-likeness (QED) is 0.165. The van der Waals surface area contributed by atoms with E-state index in [9.17, 15) is 0 Å². The van der Waals surface area contributed by atoms with Gasteiger partial charge in [0, 0.05) is 52.1 Å². The topological polar surface area (TPSA) is 54.8 Å². The summed E-state index contributed by atoms with van der Waals surface area (Å²) in [5.74, 6) is 4.47. The van der Waals surface area contributed by atoms with Crippen LogP contribution in [0, 0.1) is 0 Å². The van der Waals surface area contributed by atoms with Crippen LogP contribution in [-0.2, 0) is 5.41 Å². The molecule has 0 N–H and O–H groups in total. The van der Waals surface area contributed by atoms with Crippen LogP contribution in [0.4, 0.5) is 5.69 Å². The lowest BCUT2D eigenvalue weighted by Crippen LogP contribution is -2.50. The van der Waals surface area contributed by atoms with E-state index in [1.165, 1.54) is 66.8 Å². The van der Waals surface area contributed by atoms with Crippen molar-refractivity contribution >= 4 is 34.3 Å². The van der Waals surface area contributed by atoms with E-state index in [2.05, 4.69) is 204 Å². The third-order valence-electron chi connectivity index (χ3n) is 14.1. The highest BCUT2D eigenvalue weighted by Gasteiger charge is 2.55. The Hall–Kier alpha value is -8.48. The molecule has 0 bridgehead atoms. The SMILES string of the molecule is C1=C2C(=CB3c4ccc(-c5nc(-c6ccc(-c7ccncc7)cc6)nc(-c6cccc7ccccc67)n5)cc4-c4ccccc4N13)C1(c3ccccc32)c2ccccc2-c2ccccc21. The Morgan fingerprint density at radius 1 is 0.415 bits per heavy atom. The van der Waals surface area contributed by atoms with Crippen molar-refractivity contribution in [1.82, 2.24) is 19.9 Å². The first-order valence-corrected chi connectivity index (χ1v) is 22.2. The van der Waals surface area contributed by atoms with Crippen LogP contribution in [0.3, 0.4) is 0 Å². The first kappa shape index (κ1) is 36.1. The minimum absolute atomic E-state index is 0.0436. The van der Waals surface area contributed by atoms with Gasteiger partial charge in [-0.3, -0.25) is 4.98 Å². The summed E-state index contributed by atoms with van der Waals surface area (Å²) >= 11 is 0. The average Bonchev–Trinajstić information content (AvgIpc) is 3.85. The van der Waals surface area contributed by atoms with E-state index in [-0.39, 0.29) is 6.85 Å². The van der Waals surface area contributed by atoms with Gasteiger partial charge in [0.25, 0.3) is 0 Å². The first-order valence-electron chi connectivity index (χ1n) is 22.2. The molecule has 65 heavy (non-hydrogen) atoms. The smallest absolute Gasteiger partial charge is 0.321 e. The van der Waals surface area contributed by atoms with Crippen molar-refractivity contribution in [3.8, 4) is 67.5 Å². The second-order valence-corrected chi connectivity index (χ2v) is 17.3. The second kappa shape index (κ2) is 13.8. The van der Waals surface area contributed by atoms with Crippen LogP contribution in [0.25, 0.3) is 83.9 Å². The van der Waals surface area contributed by atoms with Gasteiger partial charge in [-0.1, -0.05) is 176 Å². The van der Waals surface area contributed by atoms with Crippen molar-refractivity contribution in [2.75, 3.05) is 4.81 Å². The summed E-state index contributed by atoms with van der Waals surface area (Å²) in [7, 11) is 0. The van der Waals surface area contributed by atoms with Gasteiger partial charge in [-0.2, -0.15) is 0 Å². The van der Waals surface area contributed by atoms with Gasteiger partial charge in [-0.25, -0.2) is 15.0 Å². The van der Waals surface area contributed by atoms with E-state index >= 15 is 0 Å². The zero-order valence-corrected chi connectivity index (χ0v) is 35.1. The number of anilines is 1. The zero-order chi connectivity index (χ0) is 42.6. The van der Waals surface area contributed by atoms with E-state index in [1.54, 1.807) is 0 Å². The maximum atomic E-state index is 5.30. The van der Waals surface area contributed by atoms with Crippen molar-refractivity contribution in [2.45, 2.75) is 5.41 Å². The number of rotatable bonds is 4. The summed E-state index contributed by atoms with van der Waals surface area (Å²) in [5.41, 5.74) is 20.0. The third-order valence-corrected chi connectivity index (χ3v) is 14.1. The maximum absolute atomic E-state index is 5.30. The van der Waals surface area contributed by atoms with Gasteiger partial charge in [-0.05, 0) is 96.1 Å². The fraction of sp³-hybridized carbons (Fsp3) is 0.0169. The molecule has 1 spiro atoms. The minimum Gasteiger partial charge on any atom is -0.382 e. The summed E-state index contributed by atoms with van der Waals surface area (Å²) < 4.78 is 0. The highest BCUT2D eigenvalue weighted by molar-refractivity contribution is 6.84. The van der Waals surface area contributed by atoms with Crippen LogP contribution in [0.5, 0.6) is 0 Å². The normalized spacial score (nSPS) is 14.4. The first-order chi connectivity index (χ1) is 32.2. The Labute approximate surface area is 376 Å². The van der Waals surface area contributed by atoms with Crippen LogP contribution in [0.1, 0.15) is 22.3 Å². The molecule has 0 unspecified atom stereocenters. The number of aromatic nitrogens is 4. The molecule has 2 aliphatic carbocycles. The molecule has 8 aromatic carbocycles. The predicted octanol–water partition coefficient (Wildman–Crippen LogP) is 12.6. The number of pyridine rings is 1. The van der Waals surface area contributed by atoms with Gasteiger partial charge >= 0.3 is 6.85 Å². The minimum atomic E-state index is -0.422. The summed E-state index contributed by atoms with van der Waals surface area (Å²) in [4.78, 5) is 22.5. The molecular formula is C59H36BN5. The molecule has 10 aromatic rings. The van der Waals surface area contributed by atoms with Gasteiger partial charge < -0.3 is 4.81 Å². The number of allylic oxidation sites excluding steroid dienone is 2. The molecule has 0 radical (unpaired) electrons. The molecule has 4 aliphatic rings. The molecule has 0 saturated heterocycles. The fourth-order valence-electron chi connectivity index (χ4n) is 11.3. The summed E-state index contributed by atoms with van der Waals surface area (Å²) in [5, 5.41) is 2.24. The van der Waals surface area contributed by atoms with Gasteiger partial charge in [0.2, 0.25) is 0 Å². The van der Waals surface area contributed by atoms with Crippen LogP contribution in [-0.4, -0.2) is 26.8 Å². The molecule has 300 valence electrons. The lowest BCUT2D eigenvalue weighted by molar-refractivity contribution is 0.795. The summed E-state index contributed by atoms with van der Waals surface area (Å²) in [6.45, 7) is -0.0436. The Morgan fingerprint density at radius 3 is 1.74 bits per heavy atom. The number of hydrogen-bond acceptors (Lipinski definition) is 5. The van der Waals surface area contributed by atoms with E-state index in [4.69, 9.17) is 15.0 Å². The number of hydrogen-bond donors (Lipinski definition) is 0. The van der Waals surface area contributed by atoms with Crippen molar-refractivity contribution in [1.29, 1.82) is 0 Å². The summed E-state index contributed by atoms with van der Waals surface area (Å²) in [6.07, 6.45) is 6.08. The lowest BCUT2D eigenvalue weighted by Gasteiger charge is -2.40. The van der Waals surface area contributed by atoms with Crippen LogP contribution < -0.4 is 10.3 Å². The second-order valence-electron chi connectivity index (χ2n) is 17.3. The molecule has 6 heteroatoms. The molecule has 0 atom stereocenters. The zero-order valence-electron chi connectivity index (χ0n) is 35.1. The number of fused-ring (bicyclic) bond motifs is 17. The predicted molar refractivity (Wildman–Crippen MR) is 264 cm³/mol. The van der Waals surface area contributed by atoms with E-state index in [0.717, 1.165) is 38.6 Å². The number of benzene rings is 8. The fourth-order valence-corrected chi connectivity index (χ4v) is 11.3. The van der Waals surface area contributed by atoms with Crippen molar-refractivity contribution < 1.29 is 0 Å². The molecule has 2 aliphatic heterocycles. The molecule has 4 heterocycles. The van der Waals surface area contributed by atoms with Crippen molar-refractivity contribution in [3.63, 3.8) is 0 Å². The molecule has 14 rings (SSSR count). The van der Waals surface area contributed by atoms with Crippen LogP contribution >= 0.6 is 0 Å². The van der Waals surface area contributed by atoms with E-state index < -0.39 is 5.41 Å². The van der Waals surface area contributed by atoms with Gasteiger partial charge in [-0.15, -0.1) is 0 Å². The molecule has 5 nitrogen and oxygen atoms in total. The van der Waals surface area contributed by atoms with Gasteiger partial charge in [0.15, 0.2) is 17.5 Å². The Balaban J connectivity index is 0.954. The average molecular weight is 826 g/mol. The maximum Gasteiger partial charge on any atom is 0.321 e. The van der Waals surface area contributed by atoms with E-state index in [0.29, 0.717) is 17.5 Å². The molecule has 2 aromatic heterocycles. The highest BCUT2D eigenvalue weighted by atomic mass is 15.1. The summed E-state index contributed by atoms with van der Waals surface area (Å²) in [6, 6.07) is 70.0. The number of nitrogens with zero attached hydrogens (tertiary/aromatic N) is 5. The Morgan fingerprint density at radius 2 is 0.969 bits per heavy atom. The lowest BCUT2D eigenvalue weighted by atomic mass is 9.47. The largest absolute Gasteiger partial charge is 0.382 e. The van der Waals surface area contributed by atoms with Crippen LogP contribution in [0.15, 0.2) is 224 Å². The third kappa shape index (κ3) is 5.16. The highest BCUT2D eigenvalue weighted by Crippen LogP contribution is 2.64. The van der Waals surface area contributed by atoms with Crippen LogP contribution in [0.2, 0.25) is 0 Å². The van der Waals surface area contributed by atoms with Crippen molar-refractivity contribution in [3.05, 3.63) is 247 Å². The molecule has 0 fully saturated rings.